The van der Waals surface area contributed by atoms with E-state index in [1.165, 1.54) is 30.8 Å². The first-order valence-corrected chi connectivity index (χ1v) is 5.96. The molecule has 15 heavy (non-hydrogen) atoms. The van der Waals surface area contributed by atoms with E-state index in [1.807, 2.05) is 0 Å². The van der Waals surface area contributed by atoms with Crippen LogP contribution in [0.25, 0.3) is 0 Å². The van der Waals surface area contributed by atoms with Gasteiger partial charge in [-0.25, -0.2) is 0 Å². The molecule has 0 aliphatic heterocycles. The molecule has 0 aromatic carbocycles. The molecule has 0 saturated carbocycles. The monoisotopic (exact) mass is 224 g/mol. The molecule has 4 nitrogen and oxygen atoms in total. The molecule has 0 aliphatic carbocycles. The Morgan fingerprint density at radius 1 is 1.47 bits per heavy atom. The lowest BCUT2D eigenvalue weighted by Crippen LogP contribution is -2.01. The Labute approximate surface area is 94.3 Å². The molecule has 0 bridgehead atoms. The smallest absolute Gasteiger partial charge is 0.157 e. The summed E-state index contributed by atoms with van der Waals surface area (Å²) >= 11 is 1.26. The molecule has 1 aromatic rings. The zero-order valence-electron chi connectivity index (χ0n) is 8.92. The van der Waals surface area contributed by atoms with Crippen LogP contribution in [0.2, 0.25) is 0 Å². The average Bonchev–Trinajstić information content (AvgIpc) is 2.59. The number of nitrogens with zero attached hydrogens (tertiary/aromatic N) is 2. The van der Waals surface area contributed by atoms with Gasteiger partial charge in [-0.3, -0.25) is 0 Å². The third-order valence-corrected chi connectivity index (χ3v) is 2.97. The molecular weight excluding hydrogens is 208 g/mol. The standard InChI is InChI=1S/C10H16N4S/c1-2-3-4-5-6-13-10-8(7-11)9(12)14-15-10/h13H,2-6H2,1H3,(H2,12,14). The summed E-state index contributed by atoms with van der Waals surface area (Å²) in [6.07, 6.45) is 4.84. The first kappa shape index (κ1) is 11.8. The van der Waals surface area contributed by atoms with Crippen LogP contribution in [0.15, 0.2) is 0 Å². The number of unbranched alkanes of at least 4 members (excludes halogenated alkanes) is 3. The number of nitriles is 1. The summed E-state index contributed by atoms with van der Waals surface area (Å²) in [7, 11) is 0. The molecule has 3 N–H and O–H groups in total. The van der Waals surface area contributed by atoms with E-state index in [2.05, 4.69) is 22.7 Å². The summed E-state index contributed by atoms with van der Waals surface area (Å²) in [5.74, 6) is 0.332. The zero-order chi connectivity index (χ0) is 11.1. The quantitative estimate of drug-likeness (QED) is 0.728. The van der Waals surface area contributed by atoms with E-state index in [4.69, 9.17) is 11.0 Å². The van der Waals surface area contributed by atoms with Gasteiger partial charge in [0.2, 0.25) is 0 Å². The Morgan fingerprint density at radius 3 is 2.93 bits per heavy atom. The predicted octanol–water partition coefficient (Wildman–Crippen LogP) is 2.59. The lowest BCUT2D eigenvalue weighted by atomic mass is 10.2. The fourth-order valence-electron chi connectivity index (χ4n) is 1.28. The molecule has 0 saturated heterocycles. The predicted molar refractivity (Wildman–Crippen MR) is 63.9 cm³/mol. The Balaban J connectivity index is 2.35. The molecule has 82 valence electrons. The number of anilines is 2. The van der Waals surface area contributed by atoms with Crippen LogP contribution < -0.4 is 11.1 Å². The fraction of sp³-hybridized carbons (Fsp3) is 0.600. The fourth-order valence-corrected chi connectivity index (χ4v) is 1.97. The van der Waals surface area contributed by atoms with E-state index in [9.17, 15) is 0 Å². The van der Waals surface area contributed by atoms with Crippen LogP contribution in [-0.4, -0.2) is 10.9 Å². The van der Waals surface area contributed by atoms with E-state index in [-0.39, 0.29) is 0 Å². The lowest BCUT2D eigenvalue weighted by molar-refractivity contribution is 0.685. The summed E-state index contributed by atoms with van der Waals surface area (Å²) in [4.78, 5) is 0. The third kappa shape index (κ3) is 3.40. The molecule has 1 aromatic heterocycles. The molecule has 1 heterocycles. The molecule has 0 aliphatic rings. The number of nitrogen functional groups attached to an aromatic ring is 1. The van der Waals surface area contributed by atoms with E-state index >= 15 is 0 Å². The average molecular weight is 224 g/mol. The Bertz CT molecular complexity index is 340. The summed E-state index contributed by atoms with van der Waals surface area (Å²) in [5, 5.41) is 12.8. The zero-order valence-corrected chi connectivity index (χ0v) is 9.73. The highest BCUT2D eigenvalue weighted by molar-refractivity contribution is 7.10. The van der Waals surface area contributed by atoms with Crippen LogP contribution in [0.1, 0.15) is 38.2 Å². The van der Waals surface area contributed by atoms with Gasteiger partial charge in [0.05, 0.1) is 0 Å². The summed E-state index contributed by atoms with van der Waals surface area (Å²) < 4.78 is 3.94. The minimum atomic E-state index is 0.332. The molecule has 0 amide bonds. The van der Waals surface area contributed by atoms with Crippen molar-refractivity contribution in [2.45, 2.75) is 32.6 Å². The topological polar surface area (TPSA) is 74.7 Å². The van der Waals surface area contributed by atoms with Gasteiger partial charge < -0.3 is 11.1 Å². The minimum Gasteiger partial charge on any atom is -0.382 e. The van der Waals surface area contributed by atoms with Crippen molar-refractivity contribution in [1.29, 1.82) is 5.26 Å². The Morgan fingerprint density at radius 2 is 2.27 bits per heavy atom. The highest BCUT2D eigenvalue weighted by Crippen LogP contribution is 2.25. The van der Waals surface area contributed by atoms with Gasteiger partial charge in [0.1, 0.15) is 16.6 Å². The van der Waals surface area contributed by atoms with Crippen LogP contribution in [0.4, 0.5) is 10.8 Å². The summed E-state index contributed by atoms with van der Waals surface area (Å²) in [5.41, 5.74) is 6.02. The van der Waals surface area contributed by atoms with Gasteiger partial charge in [-0.1, -0.05) is 26.2 Å². The maximum Gasteiger partial charge on any atom is 0.157 e. The number of hydrogen-bond donors (Lipinski definition) is 2. The molecule has 0 fully saturated rings. The maximum absolute atomic E-state index is 8.83. The minimum absolute atomic E-state index is 0.332. The Hall–Kier alpha value is -1.28. The van der Waals surface area contributed by atoms with Crippen LogP contribution >= 0.6 is 11.5 Å². The number of hydrogen-bond acceptors (Lipinski definition) is 5. The van der Waals surface area contributed by atoms with Crippen LogP contribution in [0.3, 0.4) is 0 Å². The van der Waals surface area contributed by atoms with E-state index in [0.29, 0.717) is 11.4 Å². The number of nitrogens with one attached hydrogen (secondary N) is 1. The molecule has 0 unspecified atom stereocenters. The van der Waals surface area contributed by atoms with E-state index in [1.54, 1.807) is 0 Å². The van der Waals surface area contributed by atoms with Gasteiger partial charge in [0, 0.05) is 6.54 Å². The number of nitrogens with two attached hydrogens (primary N) is 1. The van der Waals surface area contributed by atoms with Gasteiger partial charge >= 0.3 is 0 Å². The second-order valence-electron chi connectivity index (χ2n) is 3.37. The van der Waals surface area contributed by atoms with Crippen molar-refractivity contribution in [2.75, 3.05) is 17.6 Å². The molecule has 0 radical (unpaired) electrons. The van der Waals surface area contributed by atoms with Gasteiger partial charge in [0.25, 0.3) is 0 Å². The SMILES string of the molecule is CCCCCCNc1snc(N)c1C#N. The largest absolute Gasteiger partial charge is 0.382 e. The van der Waals surface area contributed by atoms with Crippen molar-refractivity contribution in [3.8, 4) is 6.07 Å². The van der Waals surface area contributed by atoms with Crippen LogP contribution in [0, 0.1) is 11.3 Å². The van der Waals surface area contributed by atoms with Crippen molar-refractivity contribution < 1.29 is 0 Å². The van der Waals surface area contributed by atoms with Crippen LogP contribution in [0.5, 0.6) is 0 Å². The second-order valence-corrected chi connectivity index (χ2v) is 4.14. The maximum atomic E-state index is 8.83. The summed E-state index contributed by atoms with van der Waals surface area (Å²) in [6, 6.07) is 2.06. The first-order chi connectivity index (χ1) is 7.29. The van der Waals surface area contributed by atoms with Crippen molar-refractivity contribution in [2.24, 2.45) is 0 Å². The van der Waals surface area contributed by atoms with Gasteiger partial charge in [-0.05, 0) is 18.0 Å². The third-order valence-electron chi connectivity index (χ3n) is 2.15. The summed E-state index contributed by atoms with van der Waals surface area (Å²) in [6.45, 7) is 3.07. The highest BCUT2D eigenvalue weighted by Gasteiger charge is 2.09. The van der Waals surface area contributed by atoms with Crippen LogP contribution in [-0.2, 0) is 0 Å². The second kappa shape index (κ2) is 6.25. The van der Waals surface area contributed by atoms with Crippen molar-refractivity contribution >= 4 is 22.4 Å². The van der Waals surface area contributed by atoms with Gasteiger partial charge in [-0.2, -0.15) is 9.64 Å². The first-order valence-electron chi connectivity index (χ1n) is 5.18. The highest BCUT2D eigenvalue weighted by atomic mass is 32.1. The lowest BCUT2D eigenvalue weighted by Gasteiger charge is -2.02. The van der Waals surface area contributed by atoms with Crippen molar-refractivity contribution in [3.63, 3.8) is 0 Å². The van der Waals surface area contributed by atoms with E-state index in [0.717, 1.165) is 18.0 Å². The number of rotatable bonds is 6. The van der Waals surface area contributed by atoms with Gasteiger partial charge in [-0.15, -0.1) is 0 Å². The number of aromatic nitrogens is 1. The van der Waals surface area contributed by atoms with E-state index < -0.39 is 0 Å². The molecule has 0 atom stereocenters. The Kier molecular flexibility index (Phi) is 4.91. The molecule has 1 rings (SSSR count). The normalized spacial score (nSPS) is 9.87. The molecule has 5 heteroatoms. The van der Waals surface area contributed by atoms with Crippen molar-refractivity contribution in [3.05, 3.63) is 5.56 Å². The molecular formula is C10H16N4S. The van der Waals surface area contributed by atoms with Crippen molar-refractivity contribution in [1.82, 2.24) is 4.37 Å². The molecule has 0 spiro atoms. The van der Waals surface area contributed by atoms with Gasteiger partial charge in [0.15, 0.2) is 5.82 Å².